The van der Waals surface area contributed by atoms with Crippen molar-refractivity contribution in [2.45, 2.75) is 128 Å². The summed E-state index contributed by atoms with van der Waals surface area (Å²) in [4.78, 5) is 24.5. The Morgan fingerprint density at radius 3 is 1.15 bits per heavy atom. The lowest BCUT2D eigenvalue weighted by Crippen LogP contribution is -2.44. The van der Waals surface area contributed by atoms with Crippen molar-refractivity contribution in [3.63, 3.8) is 0 Å². The lowest BCUT2D eigenvalue weighted by Gasteiger charge is -2.38. The summed E-state index contributed by atoms with van der Waals surface area (Å²) in [5, 5.41) is 0.302. The van der Waals surface area contributed by atoms with Crippen molar-refractivity contribution in [1.29, 1.82) is 0 Å². The third kappa shape index (κ3) is 8.12. The number of ketones is 2. The van der Waals surface area contributed by atoms with E-state index in [1.165, 1.54) is 11.1 Å². The Hall–Kier alpha value is -1.87. The van der Waals surface area contributed by atoms with Crippen molar-refractivity contribution in [2.24, 2.45) is 0 Å². The summed E-state index contributed by atoms with van der Waals surface area (Å²) >= 11 is 0. The SMILES string of the molecule is CC(C)(C)[Si](C)(C)OC1CC(c2ccccc2)CC1=O.CC(C)(C)[Si](C)(C)OC1CC(c2ccccc2)CC1=O. The maximum absolute atomic E-state index is 12.3. The van der Waals surface area contributed by atoms with Crippen LogP contribution in [0.2, 0.25) is 36.3 Å². The number of hydrogen-bond donors (Lipinski definition) is 0. The van der Waals surface area contributed by atoms with E-state index < -0.39 is 16.6 Å². The second-order valence-corrected chi connectivity index (χ2v) is 24.3. The molecule has 0 N–H and O–H groups in total. The van der Waals surface area contributed by atoms with Gasteiger partial charge in [0.1, 0.15) is 12.2 Å². The molecule has 0 spiro atoms. The summed E-state index contributed by atoms with van der Waals surface area (Å²) in [6, 6.07) is 20.7. The van der Waals surface area contributed by atoms with Crippen LogP contribution in [0.1, 0.15) is 90.2 Å². The molecular weight excluding hydrogens is 529 g/mol. The number of carbonyl (C=O) groups excluding carboxylic acids is 2. The average Bonchev–Trinajstić information content (AvgIpc) is 3.40. The first-order chi connectivity index (χ1) is 18.4. The molecule has 2 aromatic carbocycles. The van der Waals surface area contributed by atoms with Gasteiger partial charge in [-0.3, -0.25) is 9.59 Å². The molecular formula is C34H52O4Si2. The minimum absolute atomic E-state index is 0.151. The van der Waals surface area contributed by atoms with E-state index in [4.69, 9.17) is 8.85 Å². The van der Waals surface area contributed by atoms with Crippen LogP contribution in [0.5, 0.6) is 0 Å². The first-order valence-corrected chi connectivity index (χ1v) is 20.7. The van der Waals surface area contributed by atoms with Gasteiger partial charge in [-0.15, -0.1) is 0 Å². The van der Waals surface area contributed by atoms with E-state index in [1.54, 1.807) is 0 Å². The van der Waals surface area contributed by atoms with E-state index in [0.717, 1.165) is 12.8 Å². The van der Waals surface area contributed by atoms with Crippen molar-refractivity contribution in [2.75, 3.05) is 0 Å². The van der Waals surface area contributed by atoms with Gasteiger partial charge in [0.05, 0.1) is 0 Å². The molecule has 4 rings (SSSR count). The van der Waals surface area contributed by atoms with Crippen LogP contribution in [-0.4, -0.2) is 40.4 Å². The molecule has 2 aliphatic carbocycles. The highest BCUT2D eigenvalue weighted by molar-refractivity contribution is 6.74. The third-order valence-electron chi connectivity index (χ3n) is 9.64. The van der Waals surface area contributed by atoms with Gasteiger partial charge in [-0.25, -0.2) is 0 Å². The highest BCUT2D eigenvalue weighted by Crippen LogP contribution is 2.42. The Bertz CT molecular complexity index is 1040. The molecule has 0 aliphatic heterocycles. The first kappa shape index (κ1) is 32.6. The van der Waals surface area contributed by atoms with E-state index in [1.807, 2.05) is 36.4 Å². The van der Waals surface area contributed by atoms with Gasteiger partial charge >= 0.3 is 0 Å². The zero-order valence-corrected chi connectivity index (χ0v) is 28.5. The third-order valence-corrected chi connectivity index (χ3v) is 18.6. The summed E-state index contributed by atoms with van der Waals surface area (Å²) in [5.41, 5.74) is 2.53. The van der Waals surface area contributed by atoms with Crippen LogP contribution in [0.15, 0.2) is 60.7 Å². The predicted octanol–water partition coefficient (Wildman–Crippen LogP) is 9.05. The largest absolute Gasteiger partial charge is 0.407 e. The summed E-state index contributed by atoms with van der Waals surface area (Å²) in [7, 11) is -3.73. The monoisotopic (exact) mass is 580 g/mol. The molecule has 2 saturated carbocycles. The van der Waals surface area contributed by atoms with Gasteiger partial charge in [0.15, 0.2) is 28.2 Å². The molecule has 0 amide bonds. The van der Waals surface area contributed by atoms with Gasteiger partial charge in [-0.2, -0.15) is 0 Å². The first-order valence-electron chi connectivity index (χ1n) is 14.9. The average molecular weight is 581 g/mol. The van der Waals surface area contributed by atoms with Crippen molar-refractivity contribution >= 4 is 28.2 Å². The molecule has 0 bridgehead atoms. The van der Waals surface area contributed by atoms with Crippen LogP contribution in [-0.2, 0) is 18.4 Å². The fourth-order valence-electron chi connectivity index (χ4n) is 4.95. The number of Topliss-reactive ketones (excluding diaryl/α,β-unsaturated/α-hetero) is 2. The molecule has 2 fully saturated rings. The molecule has 2 aromatic rings. The molecule has 4 atom stereocenters. The summed E-state index contributed by atoms with van der Waals surface area (Å²) < 4.78 is 12.6. The smallest absolute Gasteiger partial charge is 0.193 e. The van der Waals surface area contributed by atoms with E-state index in [-0.39, 0.29) is 33.9 Å². The van der Waals surface area contributed by atoms with Gasteiger partial charge in [-0.05, 0) is 72.1 Å². The molecule has 0 radical (unpaired) electrons. The molecule has 0 aromatic heterocycles. The van der Waals surface area contributed by atoms with Crippen molar-refractivity contribution in [3.8, 4) is 0 Å². The van der Waals surface area contributed by atoms with Crippen molar-refractivity contribution in [1.82, 2.24) is 0 Å². The zero-order chi connectivity index (χ0) is 29.9. The Morgan fingerprint density at radius 1 is 0.575 bits per heavy atom. The molecule has 2 aliphatic rings. The normalized spacial score (nSPS) is 24.1. The second kappa shape index (κ2) is 12.6. The Morgan fingerprint density at radius 2 is 0.875 bits per heavy atom. The van der Waals surface area contributed by atoms with E-state index in [0.29, 0.717) is 24.7 Å². The number of rotatable bonds is 6. The second-order valence-electron chi connectivity index (χ2n) is 14.8. The van der Waals surface area contributed by atoms with Crippen LogP contribution >= 0.6 is 0 Å². The summed E-state index contributed by atoms with van der Waals surface area (Å²) in [5.74, 6) is 1.23. The van der Waals surface area contributed by atoms with Gasteiger partial charge in [-0.1, -0.05) is 102 Å². The molecule has 0 heterocycles. The van der Waals surface area contributed by atoms with E-state index >= 15 is 0 Å². The lowest BCUT2D eigenvalue weighted by molar-refractivity contribution is -0.124. The summed E-state index contributed by atoms with van der Waals surface area (Å²) in [6.45, 7) is 22.2. The number of carbonyl (C=O) groups is 2. The fourth-order valence-corrected chi connectivity index (χ4v) is 7.53. The zero-order valence-electron chi connectivity index (χ0n) is 26.5. The van der Waals surface area contributed by atoms with Crippen LogP contribution < -0.4 is 0 Å². The van der Waals surface area contributed by atoms with Crippen LogP contribution in [0, 0.1) is 0 Å². The molecule has 4 unspecified atom stereocenters. The van der Waals surface area contributed by atoms with Gasteiger partial charge in [0.25, 0.3) is 0 Å². The molecule has 6 heteroatoms. The van der Waals surface area contributed by atoms with Crippen LogP contribution in [0.3, 0.4) is 0 Å². The molecule has 220 valence electrons. The fraction of sp³-hybridized carbons (Fsp3) is 0.588. The number of hydrogen-bond acceptors (Lipinski definition) is 4. The Kier molecular flexibility index (Phi) is 10.2. The molecule has 4 nitrogen and oxygen atoms in total. The lowest BCUT2D eigenvalue weighted by atomic mass is 9.98. The summed E-state index contributed by atoms with van der Waals surface area (Å²) in [6.07, 6.45) is 2.55. The number of benzene rings is 2. The predicted molar refractivity (Wildman–Crippen MR) is 171 cm³/mol. The quantitative estimate of drug-likeness (QED) is 0.320. The molecule has 0 saturated heterocycles. The maximum atomic E-state index is 12.3. The highest BCUT2D eigenvalue weighted by atomic mass is 28.4. The Labute approximate surface area is 245 Å². The van der Waals surface area contributed by atoms with Gasteiger partial charge < -0.3 is 8.85 Å². The minimum atomic E-state index is -1.86. The van der Waals surface area contributed by atoms with Gasteiger partial charge in [0.2, 0.25) is 0 Å². The van der Waals surface area contributed by atoms with Crippen molar-refractivity contribution in [3.05, 3.63) is 71.8 Å². The minimum Gasteiger partial charge on any atom is -0.407 e. The van der Waals surface area contributed by atoms with Crippen LogP contribution in [0.4, 0.5) is 0 Å². The van der Waals surface area contributed by atoms with E-state index in [2.05, 4.69) is 92.0 Å². The van der Waals surface area contributed by atoms with Crippen molar-refractivity contribution < 1.29 is 18.4 Å². The van der Waals surface area contributed by atoms with E-state index in [9.17, 15) is 9.59 Å². The standard InChI is InChI=1S/2C17H26O2Si/c2*1-17(2,3)20(4,5)19-16-12-14(11-15(16)18)13-9-7-6-8-10-13/h2*6-10,14,16H,11-12H2,1-5H3. The highest BCUT2D eigenvalue weighted by Gasteiger charge is 2.45. The van der Waals surface area contributed by atoms with Crippen LogP contribution in [0.25, 0.3) is 0 Å². The Balaban J connectivity index is 0.000000220. The maximum Gasteiger partial charge on any atom is 0.193 e. The molecule has 40 heavy (non-hydrogen) atoms. The van der Waals surface area contributed by atoms with Gasteiger partial charge in [0, 0.05) is 12.8 Å². The topological polar surface area (TPSA) is 52.6 Å².